The maximum atomic E-state index is 14.6. The van der Waals surface area contributed by atoms with Gasteiger partial charge < -0.3 is 14.6 Å². The number of pyridine rings is 1. The highest BCUT2D eigenvalue weighted by molar-refractivity contribution is 5.92. The molecule has 29 heavy (non-hydrogen) atoms. The zero-order valence-electron chi connectivity index (χ0n) is 15.8. The topological polar surface area (TPSA) is 110 Å². The van der Waals surface area contributed by atoms with Gasteiger partial charge in [-0.15, -0.1) is 5.10 Å². The van der Waals surface area contributed by atoms with Crippen LogP contribution in [-0.4, -0.2) is 48.8 Å². The smallest absolute Gasteiger partial charge is 0.358 e. The molecule has 1 atom stereocenters. The van der Waals surface area contributed by atoms with Crippen molar-refractivity contribution in [2.75, 3.05) is 4.90 Å². The van der Waals surface area contributed by atoms with Crippen molar-refractivity contribution in [1.82, 2.24) is 19.6 Å². The van der Waals surface area contributed by atoms with Gasteiger partial charge in [-0.25, -0.2) is 13.9 Å². The Morgan fingerprint density at radius 3 is 2.69 bits per heavy atom. The van der Waals surface area contributed by atoms with Gasteiger partial charge in [0.2, 0.25) is 11.7 Å². The Morgan fingerprint density at radius 1 is 1.41 bits per heavy atom. The molecule has 0 saturated heterocycles. The van der Waals surface area contributed by atoms with Crippen LogP contribution in [0.3, 0.4) is 0 Å². The average Bonchev–Trinajstić information content (AvgIpc) is 3.08. The van der Waals surface area contributed by atoms with E-state index in [-0.39, 0.29) is 42.8 Å². The van der Waals surface area contributed by atoms with Crippen molar-refractivity contribution in [1.29, 1.82) is 0 Å². The van der Waals surface area contributed by atoms with Crippen molar-refractivity contribution in [3.05, 3.63) is 40.3 Å². The number of hydrogen-bond donors (Lipinski definition) is 1. The van der Waals surface area contributed by atoms with Crippen molar-refractivity contribution >= 4 is 17.6 Å². The lowest BCUT2D eigenvalue weighted by Crippen LogP contribution is -2.44. The molecule has 9 nitrogen and oxygen atoms in total. The number of rotatable bonds is 8. The first-order chi connectivity index (χ1) is 13.8. The van der Waals surface area contributed by atoms with Gasteiger partial charge in [-0.2, -0.15) is 4.39 Å². The van der Waals surface area contributed by atoms with Crippen LogP contribution in [0.5, 0.6) is 0 Å². The summed E-state index contributed by atoms with van der Waals surface area (Å²) >= 11 is 0. The monoisotopic (exact) mass is 409 g/mol. The lowest BCUT2D eigenvalue weighted by molar-refractivity contribution is -0.117. The minimum Gasteiger partial charge on any atom is -0.476 e. The quantitative estimate of drug-likeness (QED) is 0.709. The number of alkyl halides is 1. The summed E-state index contributed by atoms with van der Waals surface area (Å²) in [5, 5.41) is 15.7. The number of halogens is 2. The Labute approximate surface area is 164 Å². The molecule has 156 valence electrons. The Morgan fingerprint density at radius 2 is 2.14 bits per heavy atom. The summed E-state index contributed by atoms with van der Waals surface area (Å²) in [6.07, 6.45) is 3.36. The number of carbonyl (C=O) groups excluding carboxylic acids is 1. The molecule has 1 aliphatic carbocycles. The van der Waals surface area contributed by atoms with E-state index >= 15 is 0 Å². The van der Waals surface area contributed by atoms with E-state index in [4.69, 9.17) is 5.11 Å². The number of carbonyl (C=O) groups is 2. The molecule has 11 heteroatoms. The summed E-state index contributed by atoms with van der Waals surface area (Å²) in [5.74, 6) is -2.63. The number of nitrogens with zero attached hydrogens (tertiary/aromatic N) is 5. The van der Waals surface area contributed by atoms with Gasteiger partial charge in [0, 0.05) is 25.7 Å². The molecule has 2 aromatic heterocycles. The second-order valence-corrected chi connectivity index (χ2v) is 7.00. The van der Waals surface area contributed by atoms with Crippen LogP contribution in [0.15, 0.2) is 23.3 Å². The second-order valence-electron chi connectivity index (χ2n) is 7.00. The fraction of sp³-hybridized carbons (Fsp3) is 0.500. The lowest BCUT2D eigenvalue weighted by Gasteiger charge is -2.37. The standard InChI is InChI=1S/C18H21F2N5O4/c1-11(26)25(13-3-2-4-13)15-6-8-23(17(27)16(15)20)7-5-12(19)9-24-10-14(18(28)29)21-22-24/h6,8,10,12-13H,2-5,7,9H2,1H3,(H,28,29). The predicted octanol–water partition coefficient (Wildman–Crippen LogP) is 1.61. The maximum Gasteiger partial charge on any atom is 0.358 e. The van der Waals surface area contributed by atoms with Crippen molar-refractivity contribution < 1.29 is 23.5 Å². The largest absolute Gasteiger partial charge is 0.476 e. The Hall–Kier alpha value is -3.11. The van der Waals surface area contributed by atoms with Gasteiger partial charge in [0.25, 0.3) is 5.56 Å². The number of aromatic carboxylic acids is 1. The zero-order valence-corrected chi connectivity index (χ0v) is 15.8. The van der Waals surface area contributed by atoms with Gasteiger partial charge in [0.05, 0.1) is 18.4 Å². The molecule has 0 bridgehead atoms. The predicted molar refractivity (Wildman–Crippen MR) is 98.0 cm³/mol. The molecular formula is C18H21F2N5O4. The van der Waals surface area contributed by atoms with Gasteiger partial charge >= 0.3 is 5.97 Å². The van der Waals surface area contributed by atoms with Gasteiger partial charge in [-0.3, -0.25) is 9.59 Å². The average molecular weight is 409 g/mol. The van der Waals surface area contributed by atoms with E-state index in [1.807, 2.05) is 0 Å². The molecule has 0 aliphatic heterocycles. The van der Waals surface area contributed by atoms with Gasteiger partial charge in [0.15, 0.2) is 5.69 Å². The van der Waals surface area contributed by atoms with Gasteiger partial charge in [-0.1, -0.05) is 5.21 Å². The lowest BCUT2D eigenvalue weighted by atomic mass is 9.91. The van der Waals surface area contributed by atoms with Crippen molar-refractivity contribution in [2.24, 2.45) is 0 Å². The van der Waals surface area contributed by atoms with Crippen LogP contribution in [0.1, 0.15) is 43.1 Å². The van der Waals surface area contributed by atoms with E-state index in [1.165, 1.54) is 24.1 Å². The van der Waals surface area contributed by atoms with Crippen LogP contribution in [-0.2, 0) is 17.9 Å². The van der Waals surface area contributed by atoms with Crippen molar-refractivity contribution in [3.63, 3.8) is 0 Å². The van der Waals surface area contributed by atoms with Crippen LogP contribution in [0.4, 0.5) is 14.5 Å². The van der Waals surface area contributed by atoms with Crippen LogP contribution in [0.25, 0.3) is 0 Å². The molecule has 2 aromatic rings. The number of aromatic nitrogens is 4. The SMILES string of the molecule is CC(=O)N(c1ccn(CCC(F)Cn2cc(C(=O)O)nn2)c(=O)c1F)C1CCC1. The summed E-state index contributed by atoms with van der Waals surface area (Å²) < 4.78 is 30.9. The zero-order chi connectivity index (χ0) is 21.1. The number of anilines is 1. The molecule has 0 spiro atoms. The summed E-state index contributed by atoms with van der Waals surface area (Å²) in [4.78, 5) is 36.3. The highest BCUT2D eigenvalue weighted by Crippen LogP contribution is 2.30. The summed E-state index contributed by atoms with van der Waals surface area (Å²) in [5.41, 5.74) is -1.27. The molecule has 1 N–H and O–H groups in total. The third-order valence-corrected chi connectivity index (χ3v) is 4.95. The highest BCUT2D eigenvalue weighted by atomic mass is 19.1. The fourth-order valence-electron chi connectivity index (χ4n) is 3.23. The first-order valence-corrected chi connectivity index (χ1v) is 9.24. The summed E-state index contributed by atoms with van der Waals surface area (Å²) in [6.45, 7) is 1.01. The van der Waals surface area contributed by atoms with E-state index in [2.05, 4.69) is 10.3 Å². The van der Waals surface area contributed by atoms with Crippen LogP contribution in [0.2, 0.25) is 0 Å². The van der Waals surface area contributed by atoms with E-state index in [1.54, 1.807) is 0 Å². The molecule has 0 aromatic carbocycles. The third kappa shape index (κ3) is 4.49. The normalized spacial score (nSPS) is 15.0. The Bertz CT molecular complexity index is 969. The van der Waals surface area contributed by atoms with Gasteiger partial charge in [0.1, 0.15) is 6.17 Å². The number of amides is 1. The van der Waals surface area contributed by atoms with E-state index in [0.717, 1.165) is 34.7 Å². The molecule has 3 rings (SSSR count). The number of hydrogen-bond acceptors (Lipinski definition) is 5. The molecule has 0 radical (unpaired) electrons. The molecule has 2 heterocycles. The molecule has 1 saturated carbocycles. The molecule has 1 fully saturated rings. The van der Waals surface area contributed by atoms with Gasteiger partial charge in [-0.05, 0) is 31.7 Å². The van der Waals surface area contributed by atoms with Crippen molar-refractivity contribution in [3.8, 4) is 0 Å². The van der Waals surface area contributed by atoms with Crippen LogP contribution >= 0.6 is 0 Å². The molecule has 1 amide bonds. The molecular weight excluding hydrogens is 388 g/mol. The number of carboxylic acids is 1. The third-order valence-electron chi connectivity index (χ3n) is 4.95. The number of carboxylic acid groups (broad SMARTS) is 1. The minimum absolute atomic E-state index is 0.0518. The Balaban J connectivity index is 1.66. The minimum atomic E-state index is -1.45. The molecule has 1 unspecified atom stereocenters. The van der Waals surface area contributed by atoms with Crippen LogP contribution < -0.4 is 10.5 Å². The maximum absolute atomic E-state index is 14.6. The summed E-state index contributed by atoms with van der Waals surface area (Å²) in [6, 6.07) is 1.26. The molecule has 1 aliphatic rings. The first-order valence-electron chi connectivity index (χ1n) is 9.24. The van der Waals surface area contributed by atoms with E-state index < -0.39 is 23.5 Å². The second kappa shape index (κ2) is 8.50. The van der Waals surface area contributed by atoms with E-state index in [9.17, 15) is 23.2 Å². The van der Waals surface area contributed by atoms with Crippen LogP contribution in [0, 0.1) is 5.82 Å². The highest BCUT2D eigenvalue weighted by Gasteiger charge is 2.30. The Kier molecular flexibility index (Phi) is 6.04. The number of aryl methyl sites for hydroxylation is 1. The van der Waals surface area contributed by atoms with E-state index in [0.29, 0.717) is 0 Å². The first kappa shape index (κ1) is 20.6. The van der Waals surface area contributed by atoms with Crippen molar-refractivity contribution in [2.45, 2.75) is 57.9 Å². The fourth-order valence-corrected chi connectivity index (χ4v) is 3.23. The summed E-state index contributed by atoms with van der Waals surface area (Å²) in [7, 11) is 0.